The normalized spacial score (nSPS) is 18.4. The summed E-state index contributed by atoms with van der Waals surface area (Å²) in [5.41, 5.74) is 1.26. The molecule has 0 spiro atoms. The first kappa shape index (κ1) is 17.4. The van der Waals surface area contributed by atoms with Crippen molar-refractivity contribution < 1.29 is 0 Å². The SMILES string of the molecule is CN(C)c1nccc(NC2CCCN(C/C=C/c3ccccc3)C2)n1. The first-order valence-electron chi connectivity index (χ1n) is 8.91. The van der Waals surface area contributed by atoms with Crippen LogP contribution in [0.1, 0.15) is 18.4 Å². The Bertz CT molecular complexity index is 683. The van der Waals surface area contributed by atoms with Gasteiger partial charge in [0, 0.05) is 39.4 Å². The largest absolute Gasteiger partial charge is 0.366 e. The van der Waals surface area contributed by atoms with Crippen molar-refractivity contribution in [2.45, 2.75) is 18.9 Å². The molecule has 1 fully saturated rings. The van der Waals surface area contributed by atoms with Gasteiger partial charge in [-0.2, -0.15) is 4.98 Å². The molecular weight excluding hydrogens is 310 g/mol. The van der Waals surface area contributed by atoms with Gasteiger partial charge >= 0.3 is 0 Å². The molecule has 1 aliphatic rings. The second-order valence-corrected chi connectivity index (χ2v) is 6.69. The molecule has 3 rings (SSSR count). The van der Waals surface area contributed by atoms with E-state index in [1.165, 1.54) is 18.4 Å². The van der Waals surface area contributed by atoms with E-state index in [-0.39, 0.29) is 0 Å². The highest BCUT2D eigenvalue weighted by Crippen LogP contribution is 2.16. The highest BCUT2D eigenvalue weighted by Gasteiger charge is 2.19. The molecule has 1 saturated heterocycles. The Balaban J connectivity index is 1.52. The number of nitrogens with zero attached hydrogens (tertiary/aromatic N) is 4. The van der Waals surface area contributed by atoms with E-state index >= 15 is 0 Å². The molecule has 1 N–H and O–H groups in total. The predicted molar refractivity (Wildman–Crippen MR) is 105 cm³/mol. The van der Waals surface area contributed by atoms with E-state index in [2.05, 4.69) is 56.6 Å². The van der Waals surface area contributed by atoms with Crippen molar-refractivity contribution in [1.29, 1.82) is 0 Å². The number of likely N-dealkylation sites (tertiary alicyclic amines) is 1. The average Bonchev–Trinajstić information content (AvgIpc) is 2.63. The summed E-state index contributed by atoms with van der Waals surface area (Å²) in [5, 5.41) is 3.57. The van der Waals surface area contributed by atoms with E-state index in [0.717, 1.165) is 31.4 Å². The molecule has 0 radical (unpaired) electrons. The molecule has 0 saturated carbocycles. The summed E-state index contributed by atoms with van der Waals surface area (Å²) in [6.07, 6.45) is 8.66. The summed E-state index contributed by atoms with van der Waals surface area (Å²) in [5.74, 6) is 1.65. The number of hydrogen-bond donors (Lipinski definition) is 1. The second kappa shape index (κ2) is 8.62. The third kappa shape index (κ3) is 5.29. The number of hydrogen-bond acceptors (Lipinski definition) is 5. The van der Waals surface area contributed by atoms with Crippen LogP contribution in [0.25, 0.3) is 6.08 Å². The number of nitrogens with one attached hydrogen (secondary N) is 1. The highest BCUT2D eigenvalue weighted by molar-refractivity contribution is 5.48. The molecule has 0 bridgehead atoms. The van der Waals surface area contributed by atoms with E-state index in [9.17, 15) is 0 Å². The van der Waals surface area contributed by atoms with Gasteiger partial charge in [0.2, 0.25) is 5.95 Å². The van der Waals surface area contributed by atoms with Crippen LogP contribution in [-0.2, 0) is 0 Å². The minimum absolute atomic E-state index is 0.434. The van der Waals surface area contributed by atoms with Gasteiger partial charge in [0.05, 0.1) is 0 Å². The van der Waals surface area contributed by atoms with Gasteiger partial charge in [-0.05, 0) is 31.0 Å². The van der Waals surface area contributed by atoms with E-state index in [4.69, 9.17) is 0 Å². The zero-order valence-corrected chi connectivity index (χ0v) is 15.1. The Morgan fingerprint density at radius 1 is 1.24 bits per heavy atom. The summed E-state index contributed by atoms with van der Waals surface area (Å²) < 4.78 is 0. The molecule has 1 unspecified atom stereocenters. The Morgan fingerprint density at radius 3 is 2.88 bits per heavy atom. The van der Waals surface area contributed by atoms with Gasteiger partial charge in [-0.25, -0.2) is 4.98 Å². The van der Waals surface area contributed by atoms with Crippen LogP contribution in [0, 0.1) is 0 Å². The molecule has 1 atom stereocenters. The van der Waals surface area contributed by atoms with Crippen molar-refractivity contribution in [3.05, 3.63) is 54.2 Å². The lowest BCUT2D eigenvalue weighted by molar-refractivity contribution is 0.237. The smallest absolute Gasteiger partial charge is 0.226 e. The van der Waals surface area contributed by atoms with Crippen LogP contribution >= 0.6 is 0 Å². The van der Waals surface area contributed by atoms with Crippen molar-refractivity contribution >= 4 is 17.8 Å². The van der Waals surface area contributed by atoms with Crippen molar-refractivity contribution in [1.82, 2.24) is 14.9 Å². The van der Waals surface area contributed by atoms with Crippen LogP contribution in [0.15, 0.2) is 48.7 Å². The Morgan fingerprint density at radius 2 is 2.08 bits per heavy atom. The van der Waals surface area contributed by atoms with Gasteiger partial charge in [-0.3, -0.25) is 4.90 Å². The monoisotopic (exact) mass is 337 g/mol. The summed E-state index contributed by atoms with van der Waals surface area (Å²) in [6.45, 7) is 3.18. The minimum Gasteiger partial charge on any atom is -0.366 e. The van der Waals surface area contributed by atoms with Crippen LogP contribution in [0.5, 0.6) is 0 Å². The molecular formula is C20H27N5. The van der Waals surface area contributed by atoms with Crippen molar-refractivity contribution in [3.63, 3.8) is 0 Å². The van der Waals surface area contributed by atoms with Crippen molar-refractivity contribution in [2.24, 2.45) is 0 Å². The number of aromatic nitrogens is 2. The molecule has 5 nitrogen and oxygen atoms in total. The molecule has 25 heavy (non-hydrogen) atoms. The topological polar surface area (TPSA) is 44.3 Å². The molecule has 2 aromatic rings. The van der Waals surface area contributed by atoms with Crippen molar-refractivity contribution in [3.8, 4) is 0 Å². The molecule has 1 aromatic heterocycles. The molecule has 2 heterocycles. The lowest BCUT2D eigenvalue weighted by Gasteiger charge is -2.32. The summed E-state index contributed by atoms with van der Waals surface area (Å²) in [6, 6.07) is 12.8. The van der Waals surface area contributed by atoms with E-state index in [1.54, 1.807) is 0 Å². The minimum atomic E-state index is 0.434. The molecule has 132 valence electrons. The van der Waals surface area contributed by atoms with Gasteiger partial charge in [-0.15, -0.1) is 0 Å². The van der Waals surface area contributed by atoms with Gasteiger partial charge in [0.15, 0.2) is 0 Å². The van der Waals surface area contributed by atoms with Gasteiger partial charge in [0.1, 0.15) is 5.82 Å². The third-order valence-corrected chi connectivity index (χ3v) is 4.37. The Kier molecular flexibility index (Phi) is 6.01. The zero-order valence-electron chi connectivity index (χ0n) is 15.1. The number of piperidine rings is 1. The summed E-state index contributed by atoms with van der Waals surface area (Å²) >= 11 is 0. The Labute approximate surface area is 150 Å². The Hall–Kier alpha value is -2.40. The molecule has 0 amide bonds. The fourth-order valence-electron chi connectivity index (χ4n) is 3.09. The second-order valence-electron chi connectivity index (χ2n) is 6.69. The highest BCUT2D eigenvalue weighted by atomic mass is 15.2. The molecule has 0 aliphatic carbocycles. The van der Waals surface area contributed by atoms with Crippen molar-refractivity contribution in [2.75, 3.05) is 43.9 Å². The van der Waals surface area contributed by atoms with Crippen LogP contribution in [0.2, 0.25) is 0 Å². The van der Waals surface area contributed by atoms with E-state index < -0.39 is 0 Å². The summed E-state index contributed by atoms with van der Waals surface area (Å²) in [4.78, 5) is 13.3. The maximum absolute atomic E-state index is 4.56. The number of anilines is 2. The van der Waals surface area contributed by atoms with Gasteiger partial charge < -0.3 is 10.2 Å². The predicted octanol–water partition coefficient (Wildman–Crippen LogP) is 3.13. The first-order chi connectivity index (χ1) is 12.2. The molecule has 1 aliphatic heterocycles. The molecule has 5 heteroatoms. The fourth-order valence-corrected chi connectivity index (χ4v) is 3.09. The molecule has 1 aromatic carbocycles. The number of rotatable bonds is 6. The number of benzene rings is 1. The zero-order chi connectivity index (χ0) is 17.5. The van der Waals surface area contributed by atoms with Gasteiger partial charge in [-0.1, -0.05) is 42.5 Å². The maximum Gasteiger partial charge on any atom is 0.226 e. The van der Waals surface area contributed by atoms with E-state index in [0.29, 0.717) is 6.04 Å². The van der Waals surface area contributed by atoms with Crippen LogP contribution in [0.3, 0.4) is 0 Å². The fraction of sp³-hybridized carbons (Fsp3) is 0.400. The van der Waals surface area contributed by atoms with Crippen LogP contribution in [-0.4, -0.2) is 54.6 Å². The summed E-state index contributed by atoms with van der Waals surface area (Å²) in [7, 11) is 3.92. The van der Waals surface area contributed by atoms with Crippen LogP contribution < -0.4 is 10.2 Å². The average molecular weight is 337 g/mol. The maximum atomic E-state index is 4.56. The quantitative estimate of drug-likeness (QED) is 0.877. The van der Waals surface area contributed by atoms with Gasteiger partial charge in [0.25, 0.3) is 0 Å². The lowest BCUT2D eigenvalue weighted by Crippen LogP contribution is -2.42. The van der Waals surface area contributed by atoms with Crippen LogP contribution in [0.4, 0.5) is 11.8 Å². The van der Waals surface area contributed by atoms with E-state index in [1.807, 2.05) is 37.3 Å². The standard InChI is InChI=1S/C20H27N5/c1-24(2)20-21-13-12-19(23-20)22-18-11-7-15-25(16-18)14-6-10-17-8-4-3-5-9-17/h3-6,8-10,12-13,18H,7,11,14-16H2,1-2H3,(H,21,22,23)/b10-6+. The third-order valence-electron chi connectivity index (χ3n) is 4.37. The lowest BCUT2D eigenvalue weighted by atomic mass is 10.1. The first-order valence-corrected chi connectivity index (χ1v) is 8.91.